The first-order valence-electron chi connectivity index (χ1n) is 2.98. The predicted octanol–water partition coefficient (Wildman–Crippen LogP) is 0.184. The lowest BCUT2D eigenvalue weighted by Gasteiger charge is -2.14. The molecule has 1 aliphatic heterocycles. The molecule has 1 atom stereocenters. The first-order valence-corrected chi connectivity index (χ1v) is 2.98. The molecule has 0 saturated carbocycles. The second-order valence-corrected chi connectivity index (χ2v) is 2.40. The Morgan fingerprint density at radius 1 is 1.78 bits per heavy atom. The summed E-state index contributed by atoms with van der Waals surface area (Å²) in [7, 11) is 3.64. The van der Waals surface area contributed by atoms with Gasteiger partial charge in [-0.2, -0.15) is 0 Å². The Hall–Kier alpha value is -0.570. The molecule has 1 saturated heterocycles. The van der Waals surface area contributed by atoms with Gasteiger partial charge in [-0.25, -0.2) is 0 Å². The largest absolute Gasteiger partial charge is 0.481 e. The molecule has 0 spiro atoms. The standard InChI is InChI=1S/C6H10NO2/c1-7-3-2-5(4-7)6(8)9/h5H,1-4H2,(H,8,9)/q-1/t5-/m0/s1. The van der Waals surface area contributed by atoms with Crippen molar-refractivity contribution in [3.63, 3.8) is 0 Å². The van der Waals surface area contributed by atoms with E-state index in [1.165, 1.54) is 0 Å². The van der Waals surface area contributed by atoms with E-state index in [1.807, 2.05) is 0 Å². The Balaban J connectivity index is 2.39. The summed E-state index contributed by atoms with van der Waals surface area (Å²) in [6, 6.07) is 0. The molecule has 1 aliphatic rings. The highest BCUT2D eigenvalue weighted by Crippen LogP contribution is 2.14. The number of likely N-dealkylation sites (tertiary alicyclic amines) is 1. The zero-order chi connectivity index (χ0) is 6.85. The van der Waals surface area contributed by atoms with Crippen LogP contribution >= 0.6 is 0 Å². The number of rotatable bonds is 1. The molecule has 0 aliphatic carbocycles. The third-order valence-electron chi connectivity index (χ3n) is 1.62. The van der Waals surface area contributed by atoms with E-state index in [4.69, 9.17) is 5.11 Å². The highest BCUT2D eigenvalue weighted by Gasteiger charge is 2.22. The monoisotopic (exact) mass is 128 g/mol. The third kappa shape index (κ3) is 1.42. The van der Waals surface area contributed by atoms with E-state index in [-0.39, 0.29) is 5.92 Å². The van der Waals surface area contributed by atoms with Crippen LogP contribution in [0.25, 0.3) is 0 Å². The summed E-state index contributed by atoms with van der Waals surface area (Å²) >= 11 is 0. The van der Waals surface area contributed by atoms with Crippen molar-refractivity contribution in [2.75, 3.05) is 13.1 Å². The molecule has 0 aromatic carbocycles. The summed E-state index contributed by atoms with van der Waals surface area (Å²) in [5, 5.41) is 8.48. The van der Waals surface area contributed by atoms with E-state index in [9.17, 15) is 4.79 Å². The lowest BCUT2D eigenvalue weighted by molar-refractivity contribution is -0.141. The average molecular weight is 128 g/mol. The fraction of sp³-hybridized carbons (Fsp3) is 0.667. The van der Waals surface area contributed by atoms with Crippen LogP contribution in [0, 0.1) is 13.0 Å². The molecule has 0 aromatic heterocycles. The number of aliphatic carboxylic acids is 1. The van der Waals surface area contributed by atoms with Crippen molar-refractivity contribution in [2.24, 2.45) is 5.92 Å². The van der Waals surface area contributed by atoms with Crippen LogP contribution in [0.5, 0.6) is 0 Å². The molecule has 3 heteroatoms. The Labute approximate surface area is 54.3 Å². The molecular formula is C6H10NO2-. The van der Waals surface area contributed by atoms with E-state index in [0.717, 1.165) is 13.0 Å². The van der Waals surface area contributed by atoms with E-state index < -0.39 is 5.97 Å². The predicted molar refractivity (Wildman–Crippen MR) is 32.7 cm³/mol. The molecule has 52 valence electrons. The molecule has 1 fully saturated rings. The maximum absolute atomic E-state index is 10.3. The van der Waals surface area contributed by atoms with Gasteiger partial charge >= 0.3 is 5.97 Å². The smallest absolute Gasteiger partial charge is 0.307 e. The summed E-state index contributed by atoms with van der Waals surface area (Å²) in [6.45, 7) is 1.42. The Kier molecular flexibility index (Phi) is 1.71. The topological polar surface area (TPSA) is 40.5 Å². The molecule has 1 N–H and O–H groups in total. The molecule has 0 bridgehead atoms. The molecule has 9 heavy (non-hydrogen) atoms. The maximum Gasteiger partial charge on any atom is 0.307 e. The number of carboxylic acid groups (broad SMARTS) is 1. The molecular weight excluding hydrogens is 118 g/mol. The average Bonchev–Trinajstić information content (AvgIpc) is 2.14. The maximum atomic E-state index is 10.3. The van der Waals surface area contributed by atoms with E-state index in [2.05, 4.69) is 7.05 Å². The molecule has 0 amide bonds. The van der Waals surface area contributed by atoms with Crippen LogP contribution in [-0.2, 0) is 4.79 Å². The minimum Gasteiger partial charge on any atom is -0.481 e. The van der Waals surface area contributed by atoms with E-state index in [0.29, 0.717) is 6.54 Å². The Morgan fingerprint density at radius 2 is 2.44 bits per heavy atom. The number of hydrogen-bond donors (Lipinski definition) is 1. The lowest BCUT2D eigenvalue weighted by atomic mass is 10.1. The fourth-order valence-electron chi connectivity index (χ4n) is 1.03. The summed E-state index contributed by atoms with van der Waals surface area (Å²) in [6.07, 6.45) is 0.749. The fourth-order valence-corrected chi connectivity index (χ4v) is 1.03. The Morgan fingerprint density at radius 3 is 2.67 bits per heavy atom. The number of nitrogens with zero attached hydrogens (tertiary/aromatic N) is 1. The minimum absolute atomic E-state index is 0.178. The van der Waals surface area contributed by atoms with Crippen molar-refractivity contribution in [3.8, 4) is 0 Å². The van der Waals surface area contributed by atoms with E-state index in [1.54, 1.807) is 4.90 Å². The zero-order valence-electron chi connectivity index (χ0n) is 5.21. The van der Waals surface area contributed by atoms with Crippen molar-refractivity contribution >= 4 is 5.97 Å². The minimum atomic E-state index is -0.693. The van der Waals surface area contributed by atoms with Gasteiger partial charge < -0.3 is 10.0 Å². The zero-order valence-corrected chi connectivity index (χ0v) is 5.21. The normalized spacial score (nSPS) is 28.8. The van der Waals surface area contributed by atoms with Gasteiger partial charge in [0.2, 0.25) is 0 Å². The first kappa shape index (κ1) is 6.55. The lowest BCUT2D eigenvalue weighted by Crippen LogP contribution is -2.17. The highest BCUT2D eigenvalue weighted by atomic mass is 16.4. The number of hydrogen-bond acceptors (Lipinski definition) is 2. The SMILES string of the molecule is [CH2-]N1CC[C@H](C(=O)O)C1. The van der Waals surface area contributed by atoms with Gasteiger partial charge in [-0.05, 0) is 19.5 Å². The van der Waals surface area contributed by atoms with Crippen LogP contribution < -0.4 is 0 Å². The quantitative estimate of drug-likeness (QED) is 0.512. The highest BCUT2D eigenvalue weighted by molar-refractivity contribution is 5.70. The van der Waals surface area contributed by atoms with Gasteiger partial charge in [-0.1, -0.05) is 0 Å². The molecule has 1 rings (SSSR count). The van der Waals surface area contributed by atoms with Gasteiger partial charge in [0.25, 0.3) is 0 Å². The van der Waals surface area contributed by atoms with Crippen molar-refractivity contribution in [1.29, 1.82) is 0 Å². The van der Waals surface area contributed by atoms with Crippen LogP contribution in [0.3, 0.4) is 0 Å². The molecule has 0 aromatic rings. The Bertz CT molecular complexity index is 124. The summed E-state index contributed by atoms with van der Waals surface area (Å²) in [5.74, 6) is -0.872. The van der Waals surface area contributed by atoms with Crippen LogP contribution in [0.4, 0.5) is 0 Å². The van der Waals surface area contributed by atoms with Crippen molar-refractivity contribution in [2.45, 2.75) is 6.42 Å². The molecule has 0 unspecified atom stereocenters. The van der Waals surface area contributed by atoms with Gasteiger partial charge in [0.05, 0.1) is 5.92 Å². The van der Waals surface area contributed by atoms with Crippen molar-refractivity contribution in [3.05, 3.63) is 7.05 Å². The van der Waals surface area contributed by atoms with Gasteiger partial charge in [-0.3, -0.25) is 11.8 Å². The van der Waals surface area contributed by atoms with Crippen LogP contribution in [-0.4, -0.2) is 29.1 Å². The van der Waals surface area contributed by atoms with Crippen molar-refractivity contribution in [1.82, 2.24) is 4.90 Å². The number of carboxylic acids is 1. The summed E-state index contributed by atoms with van der Waals surface area (Å²) < 4.78 is 0. The second-order valence-electron chi connectivity index (χ2n) is 2.40. The van der Waals surface area contributed by atoms with Gasteiger partial charge in [0.1, 0.15) is 0 Å². The van der Waals surface area contributed by atoms with Gasteiger partial charge in [-0.15, -0.1) is 0 Å². The number of carbonyl (C=O) groups is 1. The van der Waals surface area contributed by atoms with Crippen LogP contribution in [0.1, 0.15) is 6.42 Å². The van der Waals surface area contributed by atoms with Gasteiger partial charge in [0.15, 0.2) is 0 Å². The first-order chi connectivity index (χ1) is 4.20. The molecule has 3 nitrogen and oxygen atoms in total. The second kappa shape index (κ2) is 2.35. The van der Waals surface area contributed by atoms with Crippen LogP contribution in [0.15, 0.2) is 0 Å². The van der Waals surface area contributed by atoms with E-state index >= 15 is 0 Å². The van der Waals surface area contributed by atoms with Gasteiger partial charge in [0, 0.05) is 0 Å². The molecule has 1 heterocycles. The van der Waals surface area contributed by atoms with Crippen LogP contribution in [0.2, 0.25) is 0 Å². The molecule has 0 radical (unpaired) electrons. The summed E-state index contributed by atoms with van der Waals surface area (Å²) in [5.41, 5.74) is 0. The summed E-state index contributed by atoms with van der Waals surface area (Å²) in [4.78, 5) is 12.1. The van der Waals surface area contributed by atoms with Crippen molar-refractivity contribution < 1.29 is 9.90 Å². The third-order valence-corrected chi connectivity index (χ3v) is 1.62.